The molecule has 112 valence electrons. The minimum atomic E-state index is 0.588. The molecule has 1 saturated heterocycles. The molecule has 0 aliphatic carbocycles. The van der Waals surface area contributed by atoms with Crippen LogP contribution in [0.4, 0.5) is 11.8 Å². The van der Waals surface area contributed by atoms with Crippen molar-refractivity contribution in [2.24, 2.45) is 5.92 Å². The number of hydrogen-bond donors (Lipinski definition) is 1. The van der Waals surface area contributed by atoms with E-state index in [0.29, 0.717) is 5.92 Å². The Morgan fingerprint density at radius 3 is 2.60 bits per heavy atom. The number of rotatable bonds is 5. The molecule has 1 aliphatic rings. The molecular weight excluding hydrogens is 367 g/mol. The molecular formula is C14H23IN4O. The third-order valence-corrected chi connectivity index (χ3v) is 4.28. The van der Waals surface area contributed by atoms with Crippen molar-refractivity contribution < 1.29 is 4.74 Å². The fourth-order valence-electron chi connectivity index (χ4n) is 2.19. The van der Waals surface area contributed by atoms with Gasteiger partial charge in [-0.05, 0) is 41.9 Å². The number of nitrogens with zero attached hydrogens (tertiary/aromatic N) is 3. The van der Waals surface area contributed by atoms with Gasteiger partial charge >= 0.3 is 0 Å². The quantitative estimate of drug-likeness (QED) is 0.784. The average molecular weight is 390 g/mol. The van der Waals surface area contributed by atoms with E-state index in [1.807, 2.05) is 0 Å². The van der Waals surface area contributed by atoms with Gasteiger partial charge in [0.1, 0.15) is 5.82 Å². The Morgan fingerprint density at radius 1 is 1.30 bits per heavy atom. The lowest BCUT2D eigenvalue weighted by Gasteiger charge is -2.28. The summed E-state index contributed by atoms with van der Waals surface area (Å²) in [5.74, 6) is 2.38. The summed E-state index contributed by atoms with van der Waals surface area (Å²) in [6, 6.07) is 0. The average Bonchev–Trinajstić information content (AvgIpc) is 2.44. The van der Waals surface area contributed by atoms with Crippen LogP contribution >= 0.6 is 22.6 Å². The summed E-state index contributed by atoms with van der Waals surface area (Å²) < 4.78 is 6.55. The van der Waals surface area contributed by atoms with Crippen LogP contribution in [0.5, 0.6) is 0 Å². The summed E-state index contributed by atoms with van der Waals surface area (Å²) in [6.07, 6.45) is 0.983. The van der Waals surface area contributed by atoms with E-state index in [2.05, 4.69) is 53.6 Å². The van der Waals surface area contributed by atoms with Gasteiger partial charge in [0.25, 0.3) is 0 Å². The second-order valence-electron chi connectivity index (χ2n) is 5.36. The Balaban J connectivity index is 2.32. The first kappa shape index (κ1) is 15.8. The lowest BCUT2D eigenvalue weighted by atomic mass is 10.1. The number of nitrogens with one attached hydrogen (secondary N) is 1. The van der Waals surface area contributed by atoms with Crippen LogP contribution in [0.2, 0.25) is 0 Å². The maximum Gasteiger partial charge on any atom is 0.227 e. The highest BCUT2D eigenvalue weighted by molar-refractivity contribution is 14.1. The van der Waals surface area contributed by atoms with Crippen LogP contribution in [0, 0.1) is 9.49 Å². The van der Waals surface area contributed by atoms with Crippen LogP contribution < -0.4 is 10.2 Å². The monoisotopic (exact) mass is 390 g/mol. The first-order valence-corrected chi connectivity index (χ1v) is 8.32. The normalized spacial score (nSPS) is 15.8. The standard InChI is InChI=1S/C14H23IN4O/c1-4-16-13-12(15)11(9-10(2)3)17-14(18-13)19-5-7-20-8-6-19/h10H,4-9H2,1-3H3,(H,16,17,18). The molecule has 0 radical (unpaired) electrons. The third-order valence-electron chi connectivity index (χ3n) is 3.15. The summed E-state index contributed by atoms with van der Waals surface area (Å²) in [4.78, 5) is 11.7. The molecule has 0 atom stereocenters. The molecule has 0 aromatic carbocycles. The lowest BCUT2D eigenvalue weighted by Crippen LogP contribution is -2.37. The van der Waals surface area contributed by atoms with Crippen molar-refractivity contribution in [3.8, 4) is 0 Å². The number of anilines is 2. The zero-order chi connectivity index (χ0) is 14.5. The summed E-state index contributed by atoms with van der Waals surface area (Å²) in [5.41, 5.74) is 1.15. The van der Waals surface area contributed by atoms with E-state index in [1.165, 1.54) is 0 Å². The SMILES string of the molecule is CCNc1nc(N2CCOCC2)nc(CC(C)C)c1I. The van der Waals surface area contributed by atoms with Gasteiger partial charge in [-0.1, -0.05) is 13.8 Å². The fraction of sp³-hybridized carbons (Fsp3) is 0.714. The van der Waals surface area contributed by atoms with Crippen LogP contribution in [0.15, 0.2) is 0 Å². The Bertz CT molecular complexity index is 447. The maximum atomic E-state index is 5.40. The van der Waals surface area contributed by atoms with Crippen molar-refractivity contribution in [2.75, 3.05) is 43.1 Å². The molecule has 1 aliphatic heterocycles. The predicted molar refractivity (Wildman–Crippen MR) is 90.5 cm³/mol. The molecule has 1 aromatic heterocycles. The van der Waals surface area contributed by atoms with Gasteiger partial charge in [0.2, 0.25) is 5.95 Å². The van der Waals surface area contributed by atoms with Crippen molar-refractivity contribution >= 4 is 34.4 Å². The molecule has 0 unspecified atom stereocenters. The van der Waals surface area contributed by atoms with Gasteiger partial charge in [0, 0.05) is 19.6 Å². The minimum absolute atomic E-state index is 0.588. The van der Waals surface area contributed by atoms with E-state index < -0.39 is 0 Å². The Morgan fingerprint density at radius 2 is 2.00 bits per heavy atom. The Kier molecular flexibility index (Phi) is 5.83. The largest absolute Gasteiger partial charge is 0.378 e. The second kappa shape index (κ2) is 7.40. The van der Waals surface area contributed by atoms with E-state index in [4.69, 9.17) is 14.7 Å². The third kappa shape index (κ3) is 3.94. The smallest absolute Gasteiger partial charge is 0.227 e. The zero-order valence-corrected chi connectivity index (χ0v) is 14.6. The summed E-state index contributed by atoms with van der Waals surface area (Å²) in [7, 11) is 0. The van der Waals surface area contributed by atoms with Crippen molar-refractivity contribution in [1.82, 2.24) is 9.97 Å². The number of hydrogen-bond acceptors (Lipinski definition) is 5. The van der Waals surface area contributed by atoms with Crippen LogP contribution in [0.1, 0.15) is 26.5 Å². The van der Waals surface area contributed by atoms with E-state index in [-0.39, 0.29) is 0 Å². The first-order valence-electron chi connectivity index (χ1n) is 7.24. The van der Waals surface area contributed by atoms with Gasteiger partial charge in [0.15, 0.2) is 0 Å². The molecule has 0 saturated carbocycles. The molecule has 5 nitrogen and oxygen atoms in total. The van der Waals surface area contributed by atoms with Crippen LogP contribution in [0.25, 0.3) is 0 Å². The van der Waals surface area contributed by atoms with Crippen LogP contribution in [-0.4, -0.2) is 42.8 Å². The lowest BCUT2D eigenvalue weighted by molar-refractivity contribution is 0.122. The molecule has 0 bridgehead atoms. The van der Waals surface area contributed by atoms with Crippen molar-refractivity contribution in [1.29, 1.82) is 0 Å². The zero-order valence-electron chi connectivity index (χ0n) is 12.4. The molecule has 2 rings (SSSR count). The Hall–Kier alpha value is -0.630. The topological polar surface area (TPSA) is 50.3 Å². The van der Waals surface area contributed by atoms with Gasteiger partial charge in [-0.3, -0.25) is 0 Å². The van der Waals surface area contributed by atoms with Gasteiger partial charge in [0.05, 0.1) is 22.5 Å². The molecule has 20 heavy (non-hydrogen) atoms. The van der Waals surface area contributed by atoms with E-state index in [9.17, 15) is 0 Å². The summed E-state index contributed by atoms with van der Waals surface area (Å²) in [6.45, 7) is 10.7. The molecule has 6 heteroatoms. The molecule has 0 amide bonds. The fourth-order valence-corrected chi connectivity index (χ4v) is 2.84. The second-order valence-corrected chi connectivity index (χ2v) is 6.44. The first-order chi connectivity index (χ1) is 9.61. The molecule has 1 N–H and O–H groups in total. The highest BCUT2D eigenvalue weighted by atomic mass is 127. The van der Waals surface area contributed by atoms with E-state index >= 15 is 0 Å². The summed E-state index contributed by atoms with van der Waals surface area (Å²) >= 11 is 2.35. The van der Waals surface area contributed by atoms with Crippen LogP contribution in [-0.2, 0) is 11.2 Å². The number of halogens is 1. The molecule has 1 aromatic rings. The molecule has 1 fully saturated rings. The van der Waals surface area contributed by atoms with Crippen molar-refractivity contribution in [2.45, 2.75) is 27.2 Å². The maximum absolute atomic E-state index is 5.40. The van der Waals surface area contributed by atoms with Gasteiger partial charge in [-0.25, -0.2) is 4.98 Å². The highest BCUT2D eigenvalue weighted by Crippen LogP contribution is 2.25. The van der Waals surface area contributed by atoms with Gasteiger partial charge in [-0.15, -0.1) is 0 Å². The summed E-state index contributed by atoms with van der Waals surface area (Å²) in [5, 5.41) is 3.35. The van der Waals surface area contributed by atoms with Crippen molar-refractivity contribution in [3.63, 3.8) is 0 Å². The predicted octanol–water partition coefficient (Wildman–Crippen LogP) is 2.55. The molecule has 0 spiro atoms. The number of ether oxygens (including phenoxy) is 1. The van der Waals surface area contributed by atoms with Crippen LogP contribution in [0.3, 0.4) is 0 Å². The minimum Gasteiger partial charge on any atom is -0.378 e. The Labute approximate surface area is 134 Å². The van der Waals surface area contributed by atoms with E-state index in [1.54, 1.807) is 0 Å². The number of aromatic nitrogens is 2. The van der Waals surface area contributed by atoms with Gasteiger partial charge in [-0.2, -0.15) is 4.98 Å². The number of morpholine rings is 1. The van der Waals surface area contributed by atoms with E-state index in [0.717, 1.165) is 60.3 Å². The van der Waals surface area contributed by atoms with Crippen molar-refractivity contribution in [3.05, 3.63) is 9.26 Å². The highest BCUT2D eigenvalue weighted by Gasteiger charge is 2.18. The molecule has 2 heterocycles. The van der Waals surface area contributed by atoms with Gasteiger partial charge < -0.3 is 15.0 Å².